The number of rotatable bonds is 5. The Morgan fingerprint density at radius 3 is 2.59 bits per heavy atom. The fourth-order valence-electron chi connectivity index (χ4n) is 3.93. The number of aromatic nitrogens is 2. The highest BCUT2D eigenvalue weighted by molar-refractivity contribution is 7.92. The highest BCUT2D eigenvalue weighted by Crippen LogP contribution is 2.33. The molecule has 0 saturated carbocycles. The van der Waals surface area contributed by atoms with Crippen molar-refractivity contribution >= 4 is 43.9 Å². The van der Waals surface area contributed by atoms with Crippen LogP contribution in [0.4, 0.5) is 15.8 Å². The van der Waals surface area contributed by atoms with Gasteiger partial charge in [-0.05, 0) is 42.0 Å². The van der Waals surface area contributed by atoms with Gasteiger partial charge < -0.3 is 9.64 Å². The summed E-state index contributed by atoms with van der Waals surface area (Å²) < 4.78 is 47.4. The maximum atomic E-state index is 14.1. The lowest BCUT2D eigenvalue weighted by atomic mass is 10.0. The van der Waals surface area contributed by atoms with E-state index in [9.17, 15) is 12.8 Å². The van der Waals surface area contributed by atoms with Gasteiger partial charge in [-0.1, -0.05) is 29.8 Å². The quantitative estimate of drug-likeness (QED) is 0.400. The number of morpholine rings is 1. The van der Waals surface area contributed by atoms with Gasteiger partial charge in [0, 0.05) is 42.1 Å². The van der Waals surface area contributed by atoms with E-state index >= 15 is 0 Å². The molecule has 4 aromatic rings. The van der Waals surface area contributed by atoms with Gasteiger partial charge >= 0.3 is 0 Å². The summed E-state index contributed by atoms with van der Waals surface area (Å²) in [7, 11) is -4.20. The van der Waals surface area contributed by atoms with E-state index < -0.39 is 20.7 Å². The molecule has 0 amide bonds. The Morgan fingerprint density at radius 2 is 1.79 bits per heavy atom. The molecule has 0 radical (unpaired) electrons. The van der Waals surface area contributed by atoms with Crippen molar-refractivity contribution in [3.05, 3.63) is 78.0 Å². The molecule has 1 aliphatic rings. The van der Waals surface area contributed by atoms with Crippen molar-refractivity contribution in [1.82, 2.24) is 9.97 Å². The van der Waals surface area contributed by atoms with Gasteiger partial charge in [-0.25, -0.2) is 17.8 Å². The topological polar surface area (TPSA) is 84.4 Å². The zero-order valence-corrected chi connectivity index (χ0v) is 19.5. The number of hydrogen-bond donors (Lipinski definition) is 1. The summed E-state index contributed by atoms with van der Waals surface area (Å²) in [5.41, 5.74) is 3.41. The molecule has 3 heterocycles. The van der Waals surface area contributed by atoms with Crippen molar-refractivity contribution in [1.29, 1.82) is 0 Å². The summed E-state index contributed by atoms with van der Waals surface area (Å²) in [4.78, 5) is 10.4. The minimum Gasteiger partial charge on any atom is -0.378 e. The molecule has 0 aliphatic carbocycles. The number of ether oxygens (including phenoxy) is 1. The number of halogens is 2. The normalized spacial score (nSPS) is 14.4. The van der Waals surface area contributed by atoms with E-state index in [1.165, 1.54) is 18.2 Å². The largest absolute Gasteiger partial charge is 0.378 e. The average molecular weight is 499 g/mol. The summed E-state index contributed by atoms with van der Waals surface area (Å²) in [6.45, 7) is 2.90. The third-order valence-electron chi connectivity index (χ3n) is 5.61. The highest BCUT2D eigenvalue weighted by Gasteiger charge is 2.21. The number of pyridine rings is 2. The molecule has 0 spiro atoms. The lowest BCUT2D eigenvalue weighted by Gasteiger charge is -2.29. The van der Waals surface area contributed by atoms with Crippen LogP contribution >= 0.6 is 11.6 Å². The molecule has 1 fully saturated rings. The van der Waals surface area contributed by atoms with Crippen LogP contribution < -0.4 is 9.62 Å². The van der Waals surface area contributed by atoms with Crippen molar-refractivity contribution in [2.75, 3.05) is 35.9 Å². The summed E-state index contributed by atoms with van der Waals surface area (Å²) in [5.74, 6) is -0.854. The van der Waals surface area contributed by atoms with E-state index in [0.717, 1.165) is 41.3 Å². The fraction of sp³-hybridized carbons (Fsp3) is 0.167. The zero-order chi connectivity index (χ0) is 23.7. The molecule has 2 aromatic carbocycles. The fourth-order valence-corrected chi connectivity index (χ4v) is 5.28. The van der Waals surface area contributed by atoms with Gasteiger partial charge in [0.15, 0.2) is 5.15 Å². The van der Waals surface area contributed by atoms with Crippen LogP contribution in [0, 0.1) is 5.82 Å². The Kier molecular flexibility index (Phi) is 6.07. The maximum absolute atomic E-state index is 14.1. The van der Waals surface area contributed by atoms with Gasteiger partial charge in [0.25, 0.3) is 10.0 Å². The van der Waals surface area contributed by atoms with Crippen LogP contribution in [0.3, 0.4) is 0 Å². The van der Waals surface area contributed by atoms with Crippen molar-refractivity contribution in [3.8, 4) is 11.1 Å². The third kappa shape index (κ3) is 4.42. The number of nitrogens with one attached hydrogen (secondary N) is 1. The smallest absolute Gasteiger partial charge is 0.264 e. The van der Waals surface area contributed by atoms with Crippen molar-refractivity contribution in [3.63, 3.8) is 0 Å². The van der Waals surface area contributed by atoms with Crippen LogP contribution in [0.2, 0.25) is 5.15 Å². The molecule has 1 aliphatic heterocycles. The number of anilines is 2. The second-order valence-electron chi connectivity index (χ2n) is 7.76. The van der Waals surface area contributed by atoms with E-state index in [1.807, 2.05) is 24.3 Å². The maximum Gasteiger partial charge on any atom is 0.264 e. The molecule has 0 bridgehead atoms. The Hall–Kier alpha value is -3.27. The number of fused-ring (bicyclic) bond motifs is 1. The molecule has 1 saturated heterocycles. The highest BCUT2D eigenvalue weighted by atomic mass is 35.5. The van der Waals surface area contributed by atoms with Crippen LogP contribution in [0.25, 0.3) is 22.0 Å². The molecular weight excluding hydrogens is 479 g/mol. The molecule has 2 aromatic heterocycles. The molecule has 174 valence electrons. The molecule has 1 N–H and O–H groups in total. The summed E-state index contributed by atoms with van der Waals surface area (Å²) in [6.07, 6.45) is 3.35. The van der Waals surface area contributed by atoms with E-state index in [0.29, 0.717) is 18.8 Å². The predicted molar refractivity (Wildman–Crippen MR) is 130 cm³/mol. The van der Waals surface area contributed by atoms with Crippen LogP contribution in [0.15, 0.2) is 71.9 Å². The first-order valence-corrected chi connectivity index (χ1v) is 12.4. The molecular formula is C24H20ClFN4O3S. The van der Waals surface area contributed by atoms with E-state index in [4.69, 9.17) is 16.3 Å². The van der Waals surface area contributed by atoms with Crippen LogP contribution in [0.5, 0.6) is 0 Å². The first kappa shape index (κ1) is 22.5. The minimum absolute atomic E-state index is 0.0416. The van der Waals surface area contributed by atoms with E-state index in [-0.39, 0.29) is 10.8 Å². The lowest BCUT2D eigenvalue weighted by molar-refractivity contribution is 0.123. The Morgan fingerprint density at radius 1 is 1.00 bits per heavy atom. The van der Waals surface area contributed by atoms with Gasteiger partial charge in [0.2, 0.25) is 0 Å². The third-order valence-corrected chi connectivity index (χ3v) is 7.31. The first-order valence-electron chi connectivity index (χ1n) is 10.6. The summed E-state index contributed by atoms with van der Waals surface area (Å²) in [6, 6.07) is 14.5. The van der Waals surface area contributed by atoms with Gasteiger partial charge in [-0.2, -0.15) is 0 Å². The van der Waals surface area contributed by atoms with Crippen molar-refractivity contribution in [2.24, 2.45) is 0 Å². The number of hydrogen-bond acceptors (Lipinski definition) is 6. The summed E-state index contributed by atoms with van der Waals surface area (Å²) in [5, 5.41) is 0.922. The van der Waals surface area contributed by atoms with Gasteiger partial charge in [0.05, 0.1) is 24.4 Å². The number of sulfonamides is 1. The second-order valence-corrected chi connectivity index (χ2v) is 9.77. The van der Waals surface area contributed by atoms with Gasteiger partial charge in [0.1, 0.15) is 10.7 Å². The average Bonchev–Trinajstić information content (AvgIpc) is 2.85. The molecule has 7 nitrogen and oxygen atoms in total. The van der Waals surface area contributed by atoms with Crippen molar-refractivity contribution in [2.45, 2.75) is 4.90 Å². The van der Waals surface area contributed by atoms with Gasteiger partial charge in [-0.3, -0.25) is 9.71 Å². The monoisotopic (exact) mass is 498 g/mol. The van der Waals surface area contributed by atoms with Crippen LogP contribution in [-0.2, 0) is 14.8 Å². The van der Waals surface area contributed by atoms with E-state index in [2.05, 4.69) is 19.6 Å². The SMILES string of the molecule is O=S(=O)(Nc1cc(-c2ccc3nccc(N4CCOCC4)c3c2)cnc1Cl)c1ccccc1F. The van der Waals surface area contributed by atoms with Gasteiger partial charge in [-0.15, -0.1) is 0 Å². The standard InChI is InChI=1S/C24H20ClFN4O3S/c25-24-21(29-34(31,32)23-4-2-1-3-19(23)26)14-17(15-28-24)16-5-6-20-18(13-16)22(7-8-27-20)30-9-11-33-12-10-30/h1-8,13-15,29H,9-12H2. The molecule has 0 unspecified atom stereocenters. The first-order chi connectivity index (χ1) is 16.4. The van der Waals surface area contributed by atoms with E-state index in [1.54, 1.807) is 18.5 Å². The Labute approximate surface area is 201 Å². The number of benzene rings is 2. The Balaban J connectivity index is 1.53. The molecule has 0 atom stereocenters. The van der Waals surface area contributed by atoms with Crippen molar-refractivity contribution < 1.29 is 17.5 Å². The van der Waals surface area contributed by atoms with Crippen LogP contribution in [-0.4, -0.2) is 44.7 Å². The molecule has 10 heteroatoms. The summed E-state index contributed by atoms with van der Waals surface area (Å²) >= 11 is 6.18. The predicted octanol–water partition coefficient (Wildman–Crippen LogP) is 4.73. The Bertz CT molecular complexity index is 1480. The van der Waals surface area contributed by atoms with Crippen LogP contribution in [0.1, 0.15) is 0 Å². The molecule has 34 heavy (non-hydrogen) atoms. The number of nitrogens with zero attached hydrogens (tertiary/aromatic N) is 3. The second kappa shape index (κ2) is 9.17. The zero-order valence-electron chi connectivity index (χ0n) is 17.9. The molecule has 5 rings (SSSR count). The minimum atomic E-state index is -4.20. The lowest BCUT2D eigenvalue weighted by Crippen LogP contribution is -2.36.